The molecule has 306 valence electrons. The molecule has 0 aliphatic heterocycles. The molecule has 0 saturated heterocycles. The van der Waals surface area contributed by atoms with Crippen molar-refractivity contribution in [3.8, 4) is 23.1 Å². The van der Waals surface area contributed by atoms with E-state index in [0.717, 1.165) is 51.0 Å². The van der Waals surface area contributed by atoms with Crippen molar-refractivity contribution in [2.75, 3.05) is 77.6 Å². The lowest BCUT2D eigenvalue weighted by atomic mass is 10.2. The number of fused-ring (bicyclic) bond motifs is 1. The van der Waals surface area contributed by atoms with Gasteiger partial charge in [-0.25, -0.2) is 14.2 Å². The van der Waals surface area contributed by atoms with E-state index < -0.39 is 80.0 Å². The number of anilines is 2. The van der Waals surface area contributed by atoms with E-state index >= 15 is 4.39 Å². The first-order valence-corrected chi connectivity index (χ1v) is 17.2. The summed E-state index contributed by atoms with van der Waals surface area (Å²) in [4.78, 5) is 68.4. The van der Waals surface area contributed by atoms with Gasteiger partial charge in [0.1, 0.15) is 57.3 Å². The lowest BCUT2D eigenvalue weighted by Gasteiger charge is -2.26. The van der Waals surface area contributed by atoms with Gasteiger partial charge in [0.25, 0.3) is 5.89 Å². The monoisotopic (exact) mass is 809 g/mol. The highest BCUT2D eigenvalue weighted by atomic mass is 19.2. The molecular weight excluding hydrogens is 772 g/mol. The summed E-state index contributed by atoms with van der Waals surface area (Å²) in [5.41, 5.74) is 0.957. The second kappa shape index (κ2) is 19.6. The maximum Gasteiger partial charge on any atom is 0.376 e. The molecule has 0 spiro atoms. The minimum absolute atomic E-state index is 0.00611. The molecule has 0 aliphatic carbocycles. The van der Waals surface area contributed by atoms with Crippen LogP contribution in [0, 0.1) is 11.6 Å². The number of halogens is 2. The summed E-state index contributed by atoms with van der Waals surface area (Å²) in [6.07, 6.45) is 1.18. The molecule has 0 fully saturated rings. The molecule has 17 nitrogen and oxygen atoms in total. The summed E-state index contributed by atoms with van der Waals surface area (Å²) in [6, 6.07) is 15.4. The Morgan fingerprint density at radius 3 is 1.88 bits per heavy atom. The number of carbonyl (C=O) groups is 5. The maximum atomic E-state index is 15.2. The fourth-order valence-electron chi connectivity index (χ4n) is 5.34. The lowest BCUT2D eigenvalue weighted by Crippen LogP contribution is -2.36. The van der Waals surface area contributed by atoms with Gasteiger partial charge >= 0.3 is 29.8 Å². The lowest BCUT2D eigenvalue weighted by molar-refractivity contribution is -0.141. The van der Waals surface area contributed by atoms with Crippen LogP contribution in [0.1, 0.15) is 16.1 Å². The molecule has 0 unspecified atom stereocenters. The van der Waals surface area contributed by atoms with E-state index in [1.54, 1.807) is 24.3 Å². The van der Waals surface area contributed by atoms with Gasteiger partial charge in [0, 0.05) is 11.5 Å². The van der Waals surface area contributed by atoms with Crippen LogP contribution >= 0.6 is 0 Å². The van der Waals surface area contributed by atoms with E-state index in [4.69, 9.17) is 32.5 Å². The number of methoxy groups -OCH3 is 4. The van der Waals surface area contributed by atoms with E-state index in [0.29, 0.717) is 5.39 Å². The number of oxazole rings is 1. The zero-order chi connectivity index (χ0) is 41.8. The number of carbonyl (C=O) groups excluding carboxylic acids is 5. The Morgan fingerprint density at radius 2 is 1.28 bits per heavy atom. The summed E-state index contributed by atoms with van der Waals surface area (Å²) in [7, 11) is 4.55. The molecule has 3 aromatic carbocycles. The van der Waals surface area contributed by atoms with Gasteiger partial charge in [-0.2, -0.15) is 4.39 Å². The quantitative estimate of drug-likeness (QED) is 0.0642. The minimum atomic E-state index is -1.41. The van der Waals surface area contributed by atoms with Crippen molar-refractivity contribution < 1.29 is 74.7 Å². The van der Waals surface area contributed by atoms with Gasteiger partial charge in [-0.05, 0) is 29.8 Å². The summed E-state index contributed by atoms with van der Waals surface area (Å²) < 4.78 is 77.3. The zero-order valence-corrected chi connectivity index (χ0v) is 31.6. The normalized spacial score (nSPS) is 10.7. The van der Waals surface area contributed by atoms with Gasteiger partial charge in [0.15, 0.2) is 17.3 Å². The van der Waals surface area contributed by atoms with Gasteiger partial charge in [0.2, 0.25) is 11.6 Å². The highest BCUT2D eigenvalue weighted by Crippen LogP contribution is 2.38. The van der Waals surface area contributed by atoms with E-state index in [1.807, 2.05) is 6.07 Å². The third-order valence-electron chi connectivity index (χ3n) is 8.22. The summed E-state index contributed by atoms with van der Waals surface area (Å²) in [5.74, 6) is -7.20. The second-order valence-corrected chi connectivity index (χ2v) is 12.0. The van der Waals surface area contributed by atoms with E-state index in [-0.39, 0.29) is 53.3 Å². The van der Waals surface area contributed by atoms with Crippen molar-refractivity contribution in [1.29, 1.82) is 0 Å². The number of hydrogen-bond acceptors (Lipinski definition) is 17. The van der Waals surface area contributed by atoms with Crippen LogP contribution in [0.3, 0.4) is 0 Å². The molecule has 0 radical (unpaired) electrons. The van der Waals surface area contributed by atoms with Crippen LogP contribution in [0.15, 0.2) is 75.7 Å². The Bertz CT molecular complexity index is 2220. The fraction of sp³-hybridized carbons (Fsp3) is 0.282. The number of hydrogen-bond donors (Lipinski definition) is 0. The average molecular weight is 810 g/mol. The topological polar surface area (TPSA) is 196 Å². The van der Waals surface area contributed by atoms with Crippen molar-refractivity contribution in [3.63, 3.8) is 0 Å². The van der Waals surface area contributed by atoms with Gasteiger partial charge in [-0.15, -0.1) is 0 Å². The number of nitrogens with zero attached hydrogens (tertiary/aromatic N) is 3. The molecule has 58 heavy (non-hydrogen) atoms. The molecule has 0 bridgehead atoms. The van der Waals surface area contributed by atoms with Crippen LogP contribution in [0.2, 0.25) is 0 Å². The predicted octanol–water partition coefficient (Wildman–Crippen LogP) is 4.49. The SMILES string of the molecule is COC(=O)CN(CC(=O)OC)c1cc2oc(-c3ncc(C(=O)OCc4ccccc4)o3)cc2cc1OCCOc1c(N(CC(=O)OC)CC(=O)OC)ccc(F)c1F. The molecule has 5 aromatic rings. The van der Waals surface area contributed by atoms with Crippen LogP contribution < -0.4 is 19.3 Å². The summed E-state index contributed by atoms with van der Waals surface area (Å²) in [5, 5.41) is 0.414. The first kappa shape index (κ1) is 42.0. The van der Waals surface area contributed by atoms with E-state index in [9.17, 15) is 28.4 Å². The summed E-state index contributed by atoms with van der Waals surface area (Å²) in [6.45, 7) is -2.73. The highest BCUT2D eigenvalue weighted by Gasteiger charge is 2.26. The number of furan rings is 1. The van der Waals surface area contributed by atoms with Crippen molar-refractivity contribution in [2.45, 2.75) is 6.61 Å². The summed E-state index contributed by atoms with van der Waals surface area (Å²) >= 11 is 0. The standard InChI is InChI=1S/C39H37F2N3O14/c1-50-32(45)18-43(19-33(46)51-2)26-11-10-25(40)36(41)37(26)55-13-12-54-29-14-24-15-30(38-42-17-31(58-38)39(49)56-22-23-8-6-5-7-9-23)57-28(24)16-27(29)44(20-34(47)52-3)21-35(48)53-4/h5-11,14-17H,12-13,18-22H2,1-4H3. The maximum absolute atomic E-state index is 15.2. The van der Waals surface area contributed by atoms with E-state index in [1.165, 1.54) is 29.3 Å². The number of esters is 5. The molecule has 0 N–H and O–H groups in total. The Kier molecular flexibility index (Phi) is 14.2. The van der Waals surface area contributed by atoms with Crippen molar-refractivity contribution >= 4 is 52.2 Å². The van der Waals surface area contributed by atoms with Gasteiger partial charge in [-0.3, -0.25) is 19.2 Å². The van der Waals surface area contributed by atoms with Crippen molar-refractivity contribution in [3.05, 3.63) is 89.8 Å². The Morgan fingerprint density at radius 1 is 0.690 bits per heavy atom. The molecular formula is C39H37F2N3O14. The van der Waals surface area contributed by atoms with E-state index in [2.05, 4.69) is 14.5 Å². The van der Waals surface area contributed by atoms with Crippen LogP contribution in [0.4, 0.5) is 20.2 Å². The molecule has 0 amide bonds. The first-order chi connectivity index (χ1) is 27.9. The van der Waals surface area contributed by atoms with Crippen LogP contribution in [0.5, 0.6) is 11.5 Å². The highest BCUT2D eigenvalue weighted by molar-refractivity contribution is 5.91. The number of benzene rings is 3. The Hall–Kier alpha value is -7.18. The molecule has 2 aromatic heterocycles. The minimum Gasteiger partial charge on any atom is -0.488 e. The Balaban J connectivity index is 1.43. The molecule has 2 heterocycles. The molecule has 19 heteroatoms. The van der Waals surface area contributed by atoms with Crippen LogP contribution in [0.25, 0.3) is 22.6 Å². The predicted molar refractivity (Wildman–Crippen MR) is 197 cm³/mol. The van der Waals surface area contributed by atoms with Gasteiger partial charge < -0.3 is 51.8 Å². The van der Waals surface area contributed by atoms with Gasteiger partial charge in [-0.1, -0.05) is 30.3 Å². The molecule has 5 rings (SSSR count). The number of rotatable bonds is 19. The molecule has 0 atom stereocenters. The van der Waals surface area contributed by atoms with Crippen molar-refractivity contribution in [2.24, 2.45) is 0 Å². The second-order valence-electron chi connectivity index (χ2n) is 12.0. The van der Waals surface area contributed by atoms with Gasteiger partial charge in [0.05, 0.1) is 46.0 Å². The largest absolute Gasteiger partial charge is 0.488 e. The third kappa shape index (κ3) is 10.6. The number of aromatic nitrogens is 1. The zero-order valence-electron chi connectivity index (χ0n) is 31.6. The smallest absolute Gasteiger partial charge is 0.376 e. The fourth-order valence-corrected chi connectivity index (χ4v) is 5.34. The van der Waals surface area contributed by atoms with Crippen molar-refractivity contribution in [1.82, 2.24) is 4.98 Å². The number of ether oxygens (including phenoxy) is 7. The van der Waals surface area contributed by atoms with Crippen LogP contribution in [-0.2, 0) is 49.5 Å². The van der Waals surface area contributed by atoms with Crippen LogP contribution in [-0.4, -0.2) is 103 Å². The third-order valence-corrected chi connectivity index (χ3v) is 8.22. The molecule has 0 saturated carbocycles. The Labute approximate surface area is 328 Å². The average Bonchev–Trinajstić information content (AvgIpc) is 3.90. The molecule has 0 aliphatic rings. The first-order valence-electron chi connectivity index (χ1n) is 17.2.